The van der Waals surface area contributed by atoms with Gasteiger partial charge >= 0.3 is 0 Å². The molecule has 1 aromatic heterocycles. The molecule has 6 heteroatoms. The van der Waals surface area contributed by atoms with Crippen LogP contribution in [0, 0.1) is 0 Å². The normalized spacial score (nSPS) is 10.5. The number of hydrazine groups is 1. The third-order valence-corrected chi connectivity index (χ3v) is 3.49. The summed E-state index contributed by atoms with van der Waals surface area (Å²) in [5.74, 6) is 7.45. The molecule has 3 aromatic rings. The molecule has 22 heavy (non-hydrogen) atoms. The van der Waals surface area contributed by atoms with E-state index in [0.717, 1.165) is 28.2 Å². The lowest BCUT2D eigenvalue weighted by Crippen LogP contribution is -2.16. The van der Waals surface area contributed by atoms with Crippen molar-refractivity contribution in [3.8, 4) is 5.75 Å². The highest BCUT2D eigenvalue weighted by molar-refractivity contribution is 5.92. The molecule has 0 bridgehead atoms. The van der Waals surface area contributed by atoms with Crippen LogP contribution in [0.4, 0.5) is 17.5 Å². The molecule has 0 spiro atoms. The summed E-state index contributed by atoms with van der Waals surface area (Å²) in [6, 6.07) is 15.6. The largest absolute Gasteiger partial charge is 0.497 e. The molecule has 0 radical (unpaired) electrons. The molecule has 0 aliphatic rings. The van der Waals surface area contributed by atoms with Gasteiger partial charge in [0.1, 0.15) is 11.6 Å². The summed E-state index contributed by atoms with van der Waals surface area (Å²) in [7, 11) is 3.60. The maximum absolute atomic E-state index is 5.48. The number of nitrogen functional groups attached to an aromatic ring is 1. The zero-order chi connectivity index (χ0) is 15.5. The smallest absolute Gasteiger partial charge is 0.239 e. The van der Waals surface area contributed by atoms with Gasteiger partial charge in [-0.25, -0.2) is 10.8 Å². The third-order valence-electron chi connectivity index (χ3n) is 3.49. The van der Waals surface area contributed by atoms with Crippen LogP contribution in [0.5, 0.6) is 5.75 Å². The second-order valence-corrected chi connectivity index (χ2v) is 4.79. The van der Waals surface area contributed by atoms with Crippen LogP contribution in [0.1, 0.15) is 0 Å². The van der Waals surface area contributed by atoms with Gasteiger partial charge in [-0.1, -0.05) is 12.1 Å². The zero-order valence-corrected chi connectivity index (χ0v) is 12.4. The summed E-state index contributed by atoms with van der Waals surface area (Å²) < 4.78 is 5.19. The van der Waals surface area contributed by atoms with Crippen LogP contribution in [-0.2, 0) is 0 Å². The Morgan fingerprint density at radius 3 is 2.45 bits per heavy atom. The zero-order valence-electron chi connectivity index (χ0n) is 12.4. The van der Waals surface area contributed by atoms with Crippen LogP contribution in [0.2, 0.25) is 0 Å². The molecule has 0 saturated heterocycles. The Bertz CT molecular complexity index is 788. The van der Waals surface area contributed by atoms with Gasteiger partial charge in [0.25, 0.3) is 0 Å². The molecule has 0 saturated carbocycles. The van der Waals surface area contributed by atoms with E-state index < -0.39 is 0 Å². The van der Waals surface area contributed by atoms with Crippen LogP contribution >= 0.6 is 0 Å². The fourth-order valence-corrected chi connectivity index (χ4v) is 2.31. The summed E-state index contributed by atoms with van der Waals surface area (Å²) in [6.07, 6.45) is 0. The van der Waals surface area contributed by atoms with Crippen molar-refractivity contribution in [2.75, 3.05) is 24.5 Å². The fraction of sp³-hybridized carbons (Fsp3) is 0.125. The van der Waals surface area contributed by atoms with E-state index in [1.54, 1.807) is 7.11 Å². The number of benzene rings is 2. The van der Waals surface area contributed by atoms with Gasteiger partial charge in [-0.15, -0.1) is 0 Å². The summed E-state index contributed by atoms with van der Waals surface area (Å²) in [4.78, 5) is 10.8. The van der Waals surface area contributed by atoms with E-state index in [2.05, 4.69) is 15.4 Å². The Kier molecular flexibility index (Phi) is 3.76. The molecule has 0 aliphatic carbocycles. The number of fused-ring (bicyclic) bond motifs is 1. The number of hydrogen-bond donors (Lipinski definition) is 2. The highest BCUT2D eigenvalue weighted by Gasteiger charge is 2.12. The summed E-state index contributed by atoms with van der Waals surface area (Å²) in [5, 5.41) is 0.958. The quantitative estimate of drug-likeness (QED) is 0.569. The topological polar surface area (TPSA) is 76.3 Å². The minimum absolute atomic E-state index is 0.383. The Morgan fingerprint density at radius 2 is 1.77 bits per heavy atom. The van der Waals surface area contributed by atoms with E-state index in [-0.39, 0.29) is 0 Å². The number of ether oxygens (including phenoxy) is 1. The predicted molar refractivity (Wildman–Crippen MR) is 88.4 cm³/mol. The lowest BCUT2D eigenvalue weighted by Gasteiger charge is -2.20. The monoisotopic (exact) mass is 295 g/mol. The number of aromatic nitrogens is 2. The standard InChI is InChI=1S/C16H17N5O/c1-21(11-7-9-12(22-2)10-8-11)15-13-5-3-4-6-14(13)18-16(19-15)20-17/h3-10H,17H2,1-2H3,(H,18,19,20). The predicted octanol–water partition coefficient (Wildman–Crippen LogP) is 2.69. The fourth-order valence-electron chi connectivity index (χ4n) is 2.31. The van der Waals surface area contributed by atoms with Gasteiger partial charge in [0, 0.05) is 18.1 Å². The summed E-state index contributed by atoms with van der Waals surface area (Å²) in [5.41, 5.74) is 4.34. The van der Waals surface area contributed by atoms with E-state index in [4.69, 9.17) is 10.6 Å². The van der Waals surface area contributed by atoms with Crippen LogP contribution < -0.4 is 20.9 Å². The maximum Gasteiger partial charge on any atom is 0.239 e. The minimum atomic E-state index is 0.383. The van der Waals surface area contributed by atoms with Crippen molar-refractivity contribution in [1.82, 2.24) is 9.97 Å². The maximum atomic E-state index is 5.48. The minimum Gasteiger partial charge on any atom is -0.497 e. The van der Waals surface area contributed by atoms with Gasteiger partial charge < -0.3 is 9.64 Å². The van der Waals surface area contributed by atoms with Gasteiger partial charge in [-0.3, -0.25) is 5.43 Å². The number of nitrogens with one attached hydrogen (secondary N) is 1. The molecule has 0 fully saturated rings. The highest BCUT2D eigenvalue weighted by atomic mass is 16.5. The second kappa shape index (κ2) is 5.87. The van der Waals surface area contributed by atoms with Crippen molar-refractivity contribution in [1.29, 1.82) is 0 Å². The Labute approximate surface area is 128 Å². The van der Waals surface area contributed by atoms with Crippen molar-refractivity contribution in [3.63, 3.8) is 0 Å². The average Bonchev–Trinajstić information content (AvgIpc) is 2.60. The average molecular weight is 295 g/mol. The number of methoxy groups -OCH3 is 1. The van der Waals surface area contributed by atoms with Crippen LogP contribution in [0.3, 0.4) is 0 Å². The van der Waals surface area contributed by atoms with Gasteiger partial charge in [-0.05, 0) is 36.4 Å². The first-order valence-corrected chi connectivity index (χ1v) is 6.84. The Morgan fingerprint density at radius 1 is 1.05 bits per heavy atom. The SMILES string of the molecule is COc1ccc(N(C)c2nc(NN)nc3ccccc23)cc1. The lowest BCUT2D eigenvalue weighted by atomic mass is 10.2. The summed E-state index contributed by atoms with van der Waals surface area (Å²) >= 11 is 0. The first kappa shape index (κ1) is 14.1. The van der Waals surface area contributed by atoms with Crippen LogP contribution in [-0.4, -0.2) is 24.1 Å². The van der Waals surface area contributed by atoms with E-state index in [1.807, 2.05) is 60.5 Å². The van der Waals surface area contributed by atoms with Gasteiger partial charge in [0.05, 0.1) is 12.6 Å². The van der Waals surface area contributed by atoms with Gasteiger partial charge in [0.15, 0.2) is 0 Å². The molecule has 2 aromatic carbocycles. The first-order chi connectivity index (χ1) is 10.7. The van der Waals surface area contributed by atoms with Crippen molar-refractivity contribution < 1.29 is 4.74 Å². The number of anilines is 3. The molecule has 0 unspecified atom stereocenters. The van der Waals surface area contributed by atoms with E-state index in [1.165, 1.54) is 0 Å². The number of hydrogen-bond acceptors (Lipinski definition) is 6. The molecule has 3 rings (SSSR count). The molecule has 0 aliphatic heterocycles. The van der Waals surface area contributed by atoms with E-state index >= 15 is 0 Å². The Hall–Kier alpha value is -2.86. The van der Waals surface area contributed by atoms with Crippen LogP contribution in [0.15, 0.2) is 48.5 Å². The van der Waals surface area contributed by atoms with Crippen molar-refractivity contribution in [3.05, 3.63) is 48.5 Å². The van der Waals surface area contributed by atoms with Crippen LogP contribution in [0.25, 0.3) is 10.9 Å². The summed E-state index contributed by atoms with van der Waals surface area (Å²) in [6.45, 7) is 0. The first-order valence-electron chi connectivity index (χ1n) is 6.84. The molecule has 1 heterocycles. The van der Waals surface area contributed by atoms with E-state index in [0.29, 0.717) is 5.95 Å². The van der Waals surface area contributed by atoms with Crippen molar-refractivity contribution in [2.45, 2.75) is 0 Å². The number of nitrogens with zero attached hydrogens (tertiary/aromatic N) is 3. The molecular formula is C16H17N5O. The molecular weight excluding hydrogens is 278 g/mol. The number of para-hydroxylation sites is 1. The molecule has 112 valence electrons. The molecule has 0 amide bonds. The Balaban J connectivity index is 2.10. The van der Waals surface area contributed by atoms with E-state index in [9.17, 15) is 0 Å². The number of nitrogens with two attached hydrogens (primary N) is 1. The highest BCUT2D eigenvalue weighted by Crippen LogP contribution is 2.30. The molecule has 3 N–H and O–H groups in total. The van der Waals surface area contributed by atoms with Gasteiger partial charge in [-0.2, -0.15) is 4.98 Å². The third kappa shape index (κ3) is 2.51. The van der Waals surface area contributed by atoms with Crippen molar-refractivity contribution in [2.24, 2.45) is 5.84 Å². The van der Waals surface area contributed by atoms with Crippen molar-refractivity contribution >= 4 is 28.4 Å². The number of rotatable bonds is 4. The second-order valence-electron chi connectivity index (χ2n) is 4.79. The lowest BCUT2D eigenvalue weighted by molar-refractivity contribution is 0.415. The molecule has 0 atom stereocenters. The molecule has 6 nitrogen and oxygen atoms in total. The van der Waals surface area contributed by atoms with Gasteiger partial charge in [0.2, 0.25) is 5.95 Å².